The fraction of sp³-hybridized carbons (Fsp3) is 0.385. The van der Waals surface area contributed by atoms with E-state index in [1.807, 2.05) is 6.07 Å². The first-order chi connectivity index (χ1) is 8.20. The smallest absolute Gasteiger partial charge is 0.232 e. The minimum Gasteiger partial charge on any atom is -0.395 e. The Morgan fingerprint density at radius 2 is 2.06 bits per heavy atom. The Morgan fingerprint density at radius 1 is 1.41 bits per heavy atom. The van der Waals surface area contributed by atoms with Crippen LogP contribution in [0.1, 0.15) is 24.8 Å². The number of carbonyl (C=O) groups is 1. The number of rotatable bonds is 3. The first kappa shape index (κ1) is 11.6. The van der Waals surface area contributed by atoms with E-state index < -0.39 is 5.41 Å². The average molecular weight is 230 g/mol. The van der Waals surface area contributed by atoms with Crippen molar-refractivity contribution >= 4 is 11.6 Å². The molecule has 2 rings (SSSR count). The highest BCUT2D eigenvalue weighted by Crippen LogP contribution is 2.41. The fourth-order valence-electron chi connectivity index (χ4n) is 1.95. The molecule has 2 N–H and O–H groups in total. The number of amides is 1. The second-order valence-electron chi connectivity index (χ2n) is 4.44. The molecule has 0 unspecified atom stereocenters. The zero-order valence-electron chi connectivity index (χ0n) is 9.44. The van der Waals surface area contributed by atoms with Gasteiger partial charge in [0.15, 0.2) is 0 Å². The molecule has 4 heteroatoms. The minimum atomic E-state index is -0.589. The molecule has 0 bridgehead atoms. The number of hydrogen-bond acceptors (Lipinski definition) is 3. The molecule has 0 aliphatic heterocycles. The Balaban J connectivity index is 2.05. The van der Waals surface area contributed by atoms with Crippen molar-refractivity contribution in [2.24, 2.45) is 5.41 Å². The number of aliphatic hydroxyl groups is 1. The summed E-state index contributed by atoms with van der Waals surface area (Å²) in [6.45, 7) is -0.102. The SMILES string of the molecule is N#Cc1ccc(NC(=O)C2(CO)CCC2)cc1. The predicted octanol–water partition coefficient (Wildman–Crippen LogP) is 1.66. The molecule has 1 saturated carbocycles. The van der Waals surface area contributed by atoms with E-state index in [0.29, 0.717) is 11.3 Å². The molecule has 0 atom stereocenters. The fourth-order valence-corrected chi connectivity index (χ4v) is 1.95. The highest BCUT2D eigenvalue weighted by Gasteiger charge is 2.43. The van der Waals surface area contributed by atoms with Crippen LogP contribution < -0.4 is 5.32 Å². The lowest BCUT2D eigenvalue weighted by Gasteiger charge is -2.38. The van der Waals surface area contributed by atoms with Gasteiger partial charge in [0.1, 0.15) is 0 Å². The molecule has 17 heavy (non-hydrogen) atoms. The van der Waals surface area contributed by atoms with Crippen molar-refractivity contribution in [3.63, 3.8) is 0 Å². The topological polar surface area (TPSA) is 73.1 Å². The predicted molar refractivity (Wildman–Crippen MR) is 63.2 cm³/mol. The number of benzene rings is 1. The summed E-state index contributed by atoms with van der Waals surface area (Å²) in [5, 5.41) is 20.7. The van der Waals surface area contributed by atoms with Crippen molar-refractivity contribution < 1.29 is 9.90 Å². The monoisotopic (exact) mass is 230 g/mol. The summed E-state index contributed by atoms with van der Waals surface area (Å²) in [4.78, 5) is 12.0. The van der Waals surface area contributed by atoms with Crippen molar-refractivity contribution in [3.05, 3.63) is 29.8 Å². The molecule has 1 aliphatic carbocycles. The van der Waals surface area contributed by atoms with Crippen LogP contribution in [0.25, 0.3) is 0 Å². The van der Waals surface area contributed by atoms with E-state index in [0.717, 1.165) is 19.3 Å². The van der Waals surface area contributed by atoms with Gasteiger partial charge < -0.3 is 10.4 Å². The third-order valence-electron chi connectivity index (χ3n) is 3.37. The third kappa shape index (κ3) is 2.15. The Bertz CT molecular complexity index is 450. The Kier molecular flexibility index (Phi) is 3.12. The second-order valence-corrected chi connectivity index (χ2v) is 4.44. The van der Waals surface area contributed by atoms with Gasteiger partial charge >= 0.3 is 0 Å². The molecule has 4 nitrogen and oxygen atoms in total. The lowest BCUT2D eigenvalue weighted by Crippen LogP contribution is -2.44. The summed E-state index contributed by atoms with van der Waals surface area (Å²) >= 11 is 0. The van der Waals surface area contributed by atoms with Crippen LogP contribution in [-0.4, -0.2) is 17.6 Å². The molecule has 88 valence electrons. The number of nitrogens with zero attached hydrogens (tertiary/aromatic N) is 1. The van der Waals surface area contributed by atoms with Gasteiger partial charge in [-0.25, -0.2) is 0 Å². The van der Waals surface area contributed by atoms with Crippen molar-refractivity contribution in [2.75, 3.05) is 11.9 Å². The molecule has 1 aromatic carbocycles. The van der Waals surface area contributed by atoms with Crippen LogP contribution in [0.2, 0.25) is 0 Å². The van der Waals surface area contributed by atoms with Crippen LogP contribution in [-0.2, 0) is 4.79 Å². The number of aliphatic hydroxyl groups excluding tert-OH is 1. The zero-order valence-corrected chi connectivity index (χ0v) is 9.44. The maximum atomic E-state index is 12.0. The Labute approximate surface area is 99.9 Å². The molecule has 0 saturated heterocycles. The molecule has 0 aromatic heterocycles. The highest BCUT2D eigenvalue weighted by atomic mass is 16.3. The van der Waals surface area contributed by atoms with Gasteiger partial charge in [0.2, 0.25) is 5.91 Å². The molecule has 1 fully saturated rings. The lowest BCUT2D eigenvalue weighted by atomic mass is 9.68. The Hall–Kier alpha value is -1.86. The summed E-state index contributed by atoms with van der Waals surface area (Å²) in [5.74, 6) is -0.129. The number of anilines is 1. The van der Waals surface area contributed by atoms with E-state index >= 15 is 0 Å². The Morgan fingerprint density at radius 3 is 2.47 bits per heavy atom. The van der Waals surface area contributed by atoms with Crippen LogP contribution >= 0.6 is 0 Å². The van der Waals surface area contributed by atoms with Gasteiger partial charge in [-0.2, -0.15) is 5.26 Å². The van der Waals surface area contributed by atoms with Crippen LogP contribution in [0, 0.1) is 16.7 Å². The molecule has 0 heterocycles. The third-order valence-corrected chi connectivity index (χ3v) is 3.37. The number of nitriles is 1. The van der Waals surface area contributed by atoms with E-state index in [9.17, 15) is 9.90 Å². The highest BCUT2D eigenvalue weighted by molar-refractivity contribution is 5.96. The number of nitrogens with one attached hydrogen (secondary N) is 1. The second kappa shape index (κ2) is 4.56. The number of carbonyl (C=O) groups excluding carboxylic acids is 1. The molecular weight excluding hydrogens is 216 g/mol. The van der Waals surface area contributed by atoms with Crippen LogP contribution in [0.5, 0.6) is 0 Å². The number of hydrogen-bond donors (Lipinski definition) is 2. The first-order valence-electron chi connectivity index (χ1n) is 5.63. The van der Waals surface area contributed by atoms with Gasteiger partial charge in [0.25, 0.3) is 0 Å². The van der Waals surface area contributed by atoms with Crippen LogP contribution in [0.4, 0.5) is 5.69 Å². The first-order valence-corrected chi connectivity index (χ1v) is 5.63. The maximum absolute atomic E-state index is 12.0. The van der Waals surface area contributed by atoms with Crippen molar-refractivity contribution in [1.82, 2.24) is 0 Å². The minimum absolute atomic E-state index is 0.102. The molecule has 0 spiro atoms. The van der Waals surface area contributed by atoms with E-state index in [1.165, 1.54) is 0 Å². The molecule has 1 amide bonds. The summed E-state index contributed by atoms with van der Waals surface area (Å²) in [6, 6.07) is 8.72. The van der Waals surface area contributed by atoms with E-state index in [2.05, 4.69) is 5.32 Å². The largest absolute Gasteiger partial charge is 0.395 e. The molecule has 1 aliphatic rings. The van der Waals surface area contributed by atoms with Crippen molar-refractivity contribution in [1.29, 1.82) is 5.26 Å². The molecular formula is C13H14N2O2. The standard InChI is InChI=1S/C13H14N2O2/c14-8-10-2-4-11(5-3-10)15-12(17)13(9-16)6-1-7-13/h2-5,16H,1,6-7,9H2,(H,15,17). The average Bonchev–Trinajstić information content (AvgIpc) is 2.29. The van der Waals surface area contributed by atoms with Gasteiger partial charge in [-0.1, -0.05) is 6.42 Å². The summed E-state index contributed by atoms with van der Waals surface area (Å²) < 4.78 is 0. The zero-order chi connectivity index (χ0) is 12.3. The maximum Gasteiger partial charge on any atom is 0.232 e. The normalized spacial score (nSPS) is 16.7. The summed E-state index contributed by atoms with van der Waals surface area (Å²) in [6.07, 6.45) is 2.47. The van der Waals surface area contributed by atoms with Gasteiger partial charge in [0.05, 0.1) is 23.7 Å². The van der Waals surface area contributed by atoms with Crippen LogP contribution in [0.3, 0.4) is 0 Å². The van der Waals surface area contributed by atoms with Crippen molar-refractivity contribution in [3.8, 4) is 6.07 Å². The van der Waals surface area contributed by atoms with Crippen molar-refractivity contribution in [2.45, 2.75) is 19.3 Å². The lowest BCUT2D eigenvalue weighted by molar-refractivity contribution is -0.133. The van der Waals surface area contributed by atoms with E-state index in [1.54, 1.807) is 24.3 Å². The molecule has 1 aromatic rings. The van der Waals surface area contributed by atoms with Gasteiger partial charge in [-0.3, -0.25) is 4.79 Å². The summed E-state index contributed by atoms with van der Waals surface area (Å²) in [5.41, 5.74) is 0.630. The summed E-state index contributed by atoms with van der Waals surface area (Å²) in [7, 11) is 0. The van der Waals surface area contributed by atoms with E-state index in [4.69, 9.17) is 5.26 Å². The molecule has 0 radical (unpaired) electrons. The van der Waals surface area contributed by atoms with Gasteiger partial charge in [-0.05, 0) is 37.1 Å². The quantitative estimate of drug-likeness (QED) is 0.829. The van der Waals surface area contributed by atoms with E-state index in [-0.39, 0.29) is 12.5 Å². The van der Waals surface area contributed by atoms with Gasteiger partial charge in [0, 0.05) is 5.69 Å². The van der Waals surface area contributed by atoms with Crippen LogP contribution in [0.15, 0.2) is 24.3 Å². The van der Waals surface area contributed by atoms with Gasteiger partial charge in [-0.15, -0.1) is 0 Å².